The highest BCUT2D eigenvalue weighted by atomic mass is 16.5. The average Bonchev–Trinajstić information content (AvgIpc) is 3.19. The Balaban J connectivity index is 1.41. The summed E-state index contributed by atoms with van der Waals surface area (Å²) in [7, 11) is 1.87. The van der Waals surface area contributed by atoms with Gasteiger partial charge in [-0.2, -0.15) is 0 Å². The fraction of sp³-hybridized carbons (Fsp3) is 0.286. The van der Waals surface area contributed by atoms with Crippen LogP contribution in [0, 0.1) is 0 Å². The van der Waals surface area contributed by atoms with Gasteiger partial charge in [0, 0.05) is 18.9 Å². The van der Waals surface area contributed by atoms with Crippen LogP contribution in [0.25, 0.3) is 11.1 Å². The third-order valence-electron chi connectivity index (χ3n) is 6.14. The Morgan fingerprint density at radius 2 is 1.47 bits per heavy atom. The van der Waals surface area contributed by atoms with Crippen molar-refractivity contribution in [1.29, 1.82) is 0 Å². The van der Waals surface area contributed by atoms with Gasteiger partial charge < -0.3 is 20.7 Å². The van der Waals surface area contributed by atoms with Gasteiger partial charge in [0.25, 0.3) is 0 Å². The van der Waals surface area contributed by atoms with Crippen LogP contribution in [0.4, 0.5) is 4.79 Å². The number of hydrogen-bond acceptors (Lipinski definition) is 4. The number of alkyl carbamates (subject to hydrolysis) is 1. The van der Waals surface area contributed by atoms with Gasteiger partial charge in [-0.15, -0.1) is 0 Å². The number of carbonyl (C=O) groups is 2. The van der Waals surface area contributed by atoms with Crippen LogP contribution in [0.2, 0.25) is 0 Å². The lowest BCUT2D eigenvalue weighted by Gasteiger charge is -2.20. The first kappa shape index (κ1) is 23.5. The van der Waals surface area contributed by atoms with Crippen LogP contribution in [0.15, 0.2) is 78.9 Å². The molecule has 0 heterocycles. The van der Waals surface area contributed by atoms with Crippen molar-refractivity contribution in [2.45, 2.75) is 24.8 Å². The van der Waals surface area contributed by atoms with Crippen molar-refractivity contribution < 1.29 is 14.3 Å². The third kappa shape index (κ3) is 5.64. The van der Waals surface area contributed by atoms with Gasteiger partial charge in [0.15, 0.2) is 0 Å². The minimum absolute atomic E-state index is 0.0268. The second kappa shape index (κ2) is 11.5. The van der Waals surface area contributed by atoms with Gasteiger partial charge in [-0.05, 0) is 47.8 Å². The first-order chi connectivity index (χ1) is 16.7. The molecule has 0 radical (unpaired) electrons. The Bertz CT molecular complexity index is 1070. The summed E-state index contributed by atoms with van der Waals surface area (Å²) in [5, 5.41) is 8.77. The van der Waals surface area contributed by atoms with Gasteiger partial charge in [-0.25, -0.2) is 4.79 Å². The number of nitrogens with one attached hydrogen (secondary N) is 3. The van der Waals surface area contributed by atoms with Gasteiger partial charge in [0.2, 0.25) is 5.91 Å². The number of amides is 2. The zero-order valence-electron chi connectivity index (χ0n) is 19.4. The summed E-state index contributed by atoms with van der Waals surface area (Å²) in [6.07, 6.45) is 0.613. The normalized spacial score (nSPS) is 13.0. The summed E-state index contributed by atoms with van der Waals surface area (Å²) >= 11 is 0. The van der Waals surface area contributed by atoms with E-state index in [9.17, 15) is 9.59 Å². The van der Waals surface area contributed by atoms with Gasteiger partial charge in [-0.1, -0.05) is 78.9 Å². The maximum Gasteiger partial charge on any atom is 0.407 e. The summed E-state index contributed by atoms with van der Waals surface area (Å²) in [5.74, 6) is -0.241. The van der Waals surface area contributed by atoms with Crippen molar-refractivity contribution in [2.24, 2.45) is 0 Å². The summed E-state index contributed by atoms with van der Waals surface area (Å²) in [6, 6.07) is 25.4. The van der Waals surface area contributed by atoms with E-state index in [-0.39, 0.29) is 18.4 Å². The van der Waals surface area contributed by atoms with Crippen LogP contribution in [-0.2, 0) is 16.0 Å². The van der Waals surface area contributed by atoms with Crippen LogP contribution in [0.3, 0.4) is 0 Å². The first-order valence-electron chi connectivity index (χ1n) is 11.7. The molecule has 0 bridgehead atoms. The molecule has 0 unspecified atom stereocenters. The van der Waals surface area contributed by atoms with E-state index in [0.29, 0.717) is 13.0 Å². The molecule has 3 aromatic carbocycles. The molecule has 0 saturated heterocycles. The molecule has 1 aliphatic rings. The van der Waals surface area contributed by atoms with E-state index < -0.39 is 12.1 Å². The third-order valence-corrected chi connectivity index (χ3v) is 6.14. The highest BCUT2D eigenvalue weighted by molar-refractivity contribution is 5.86. The van der Waals surface area contributed by atoms with Gasteiger partial charge in [-0.3, -0.25) is 4.79 Å². The van der Waals surface area contributed by atoms with E-state index >= 15 is 0 Å². The molecule has 6 nitrogen and oxygen atoms in total. The number of ether oxygens (including phenoxy) is 1. The molecular formula is C28H31N3O3. The maximum atomic E-state index is 12.8. The van der Waals surface area contributed by atoms with Crippen molar-refractivity contribution in [2.75, 3.05) is 26.7 Å². The van der Waals surface area contributed by atoms with E-state index in [2.05, 4.69) is 40.2 Å². The number of fused-ring (bicyclic) bond motifs is 3. The Morgan fingerprint density at radius 1 is 0.853 bits per heavy atom. The molecule has 0 aliphatic heterocycles. The average molecular weight is 458 g/mol. The second-order valence-corrected chi connectivity index (χ2v) is 8.46. The topological polar surface area (TPSA) is 79.5 Å². The molecule has 0 spiro atoms. The van der Waals surface area contributed by atoms with E-state index in [1.54, 1.807) is 0 Å². The van der Waals surface area contributed by atoms with Gasteiger partial charge >= 0.3 is 6.09 Å². The van der Waals surface area contributed by atoms with Gasteiger partial charge in [0.05, 0.1) is 0 Å². The SMILES string of the molecule is CNCCCNC(=O)[C@H](Cc1ccccc1)NC(=O)OCC1c2ccccc2-c2ccccc21. The fourth-order valence-electron chi connectivity index (χ4n) is 4.44. The summed E-state index contributed by atoms with van der Waals surface area (Å²) in [6.45, 7) is 1.56. The van der Waals surface area contributed by atoms with Crippen molar-refractivity contribution in [3.05, 3.63) is 95.6 Å². The van der Waals surface area contributed by atoms with Crippen LogP contribution in [0.1, 0.15) is 29.0 Å². The van der Waals surface area contributed by atoms with Crippen molar-refractivity contribution in [3.63, 3.8) is 0 Å². The van der Waals surface area contributed by atoms with E-state index in [1.165, 1.54) is 11.1 Å². The quantitative estimate of drug-likeness (QED) is 0.404. The van der Waals surface area contributed by atoms with Crippen molar-refractivity contribution in [1.82, 2.24) is 16.0 Å². The largest absolute Gasteiger partial charge is 0.449 e. The standard InChI is InChI=1S/C28H31N3O3/c1-29-16-9-17-30-27(32)26(18-20-10-3-2-4-11-20)31-28(33)34-19-25-23-14-7-5-12-21(23)22-13-6-8-15-24(22)25/h2-8,10-15,25-26,29H,9,16-19H2,1H3,(H,30,32)(H,31,33)/t26-/m0/s1. The molecular weight excluding hydrogens is 426 g/mol. The lowest BCUT2D eigenvalue weighted by molar-refractivity contribution is -0.123. The second-order valence-electron chi connectivity index (χ2n) is 8.46. The Morgan fingerprint density at radius 3 is 2.12 bits per heavy atom. The molecule has 34 heavy (non-hydrogen) atoms. The minimum Gasteiger partial charge on any atom is -0.449 e. The highest BCUT2D eigenvalue weighted by Crippen LogP contribution is 2.44. The fourth-order valence-corrected chi connectivity index (χ4v) is 4.44. The van der Waals surface area contributed by atoms with Crippen LogP contribution in [0.5, 0.6) is 0 Å². The Kier molecular flexibility index (Phi) is 7.94. The molecule has 176 valence electrons. The molecule has 0 saturated carbocycles. The molecule has 6 heteroatoms. The lowest BCUT2D eigenvalue weighted by Crippen LogP contribution is -2.48. The predicted octanol–water partition coefficient (Wildman–Crippen LogP) is 3.86. The molecule has 3 aromatic rings. The van der Waals surface area contributed by atoms with Crippen molar-refractivity contribution >= 4 is 12.0 Å². The molecule has 2 amide bonds. The molecule has 0 aromatic heterocycles. The maximum absolute atomic E-state index is 12.8. The van der Waals surface area contributed by atoms with E-state index in [4.69, 9.17) is 4.74 Å². The number of carbonyl (C=O) groups excluding carboxylic acids is 2. The number of benzene rings is 3. The molecule has 0 fully saturated rings. The predicted molar refractivity (Wildman–Crippen MR) is 134 cm³/mol. The highest BCUT2D eigenvalue weighted by Gasteiger charge is 2.29. The van der Waals surface area contributed by atoms with E-state index in [1.807, 2.05) is 61.6 Å². The molecule has 1 atom stereocenters. The minimum atomic E-state index is -0.715. The summed E-state index contributed by atoms with van der Waals surface area (Å²) < 4.78 is 5.66. The molecule has 1 aliphatic carbocycles. The van der Waals surface area contributed by atoms with Crippen LogP contribution in [-0.4, -0.2) is 44.8 Å². The smallest absolute Gasteiger partial charge is 0.407 e. The first-order valence-corrected chi connectivity index (χ1v) is 11.7. The zero-order chi connectivity index (χ0) is 23.8. The van der Waals surface area contributed by atoms with Crippen LogP contribution >= 0.6 is 0 Å². The monoisotopic (exact) mass is 457 g/mol. The number of rotatable bonds is 10. The summed E-state index contributed by atoms with van der Waals surface area (Å²) in [5.41, 5.74) is 5.63. The Labute approximate surface area is 200 Å². The zero-order valence-corrected chi connectivity index (χ0v) is 19.4. The lowest BCUT2D eigenvalue weighted by atomic mass is 9.98. The number of hydrogen-bond donors (Lipinski definition) is 3. The van der Waals surface area contributed by atoms with Crippen molar-refractivity contribution in [3.8, 4) is 11.1 Å². The van der Waals surface area contributed by atoms with Crippen LogP contribution < -0.4 is 16.0 Å². The van der Waals surface area contributed by atoms with Gasteiger partial charge in [0.1, 0.15) is 12.6 Å². The van der Waals surface area contributed by atoms with E-state index in [0.717, 1.165) is 29.7 Å². The Hall–Kier alpha value is -3.64. The summed E-state index contributed by atoms with van der Waals surface area (Å²) in [4.78, 5) is 25.6. The molecule has 4 rings (SSSR count). The molecule has 3 N–H and O–H groups in total.